The molecule has 2 N–H and O–H groups in total. The van der Waals surface area contributed by atoms with Crippen molar-refractivity contribution in [3.8, 4) is 0 Å². The Labute approximate surface area is 170 Å². The van der Waals surface area contributed by atoms with E-state index in [1.165, 1.54) is 4.88 Å². The molecule has 2 fully saturated rings. The fraction of sp³-hybridized carbons (Fsp3) is 0.667. The van der Waals surface area contributed by atoms with E-state index in [-0.39, 0.29) is 18.1 Å². The lowest BCUT2D eigenvalue weighted by atomic mass is 9.91. The lowest BCUT2D eigenvalue weighted by molar-refractivity contribution is -0.192. The molecular formula is C18H25F3N2O5S. The predicted molar refractivity (Wildman–Crippen MR) is 99.6 cm³/mol. The molecule has 1 amide bonds. The van der Waals surface area contributed by atoms with Crippen LogP contribution in [-0.4, -0.2) is 73.6 Å². The SMILES string of the molecule is COCCNC(=O)[C@H]1C[C@@H]2CCN(Cc3cccs3)C[C@H]2O1.O=C(O)C(F)(F)F. The minimum atomic E-state index is -5.08. The Bertz CT molecular complexity index is 656. The van der Waals surface area contributed by atoms with Gasteiger partial charge >= 0.3 is 12.1 Å². The Kier molecular flexibility index (Phi) is 8.87. The molecule has 2 aliphatic rings. The van der Waals surface area contributed by atoms with E-state index >= 15 is 0 Å². The minimum Gasteiger partial charge on any atom is -0.475 e. The number of fused-ring (bicyclic) bond motifs is 1. The molecule has 1 aromatic rings. The van der Waals surface area contributed by atoms with Gasteiger partial charge in [0, 0.05) is 31.6 Å². The molecule has 0 saturated carbocycles. The van der Waals surface area contributed by atoms with Crippen LogP contribution in [0.25, 0.3) is 0 Å². The number of carbonyl (C=O) groups is 2. The van der Waals surface area contributed by atoms with E-state index < -0.39 is 12.1 Å². The fourth-order valence-electron chi connectivity index (χ4n) is 3.32. The highest BCUT2D eigenvalue weighted by molar-refractivity contribution is 7.09. The Hall–Kier alpha value is -1.69. The molecule has 0 radical (unpaired) electrons. The van der Waals surface area contributed by atoms with Crippen molar-refractivity contribution in [3.05, 3.63) is 22.4 Å². The molecular weight excluding hydrogens is 413 g/mol. The molecule has 164 valence electrons. The number of carboxylic acids is 1. The van der Waals surface area contributed by atoms with Crippen molar-refractivity contribution < 1.29 is 37.3 Å². The summed E-state index contributed by atoms with van der Waals surface area (Å²) in [6.07, 6.45) is -3.19. The zero-order chi connectivity index (χ0) is 21.4. The zero-order valence-electron chi connectivity index (χ0n) is 16.0. The van der Waals surface area contributed by atoms with Gasteiger partial charge in [-0.1, -0.05) is 6.07 Å². The van der Waals surface area contributed by atoms with Crippen molar-refractivity contribution in [2.24, 2.45) is 5.92 Å². The fourth-order valence-corrected chi connectivity index (χ4v) is 4.07. The molecule has 11 heteroatoms. The van der Waals surface area contributed by atoms with Crippen LogP contribution >= 0.6 is 11.3 Å². The van der Waals surface area contributed by atoms with Crippen molar-refractivity contribution in [2.45, 2.75) is 37.8 Å². The number of aliphatic carboxylic acids is 1. The van der Waals surface area contributed by atoms with Crippen molar-refractivity contribution >= 4 is 23.2 Å². The number of carboxylic acid groups (broad SMARTS) is 1. The van der Waals surface area contributed by atoms with E-state index in [4.69, 9.17) is 19.4 Å². The monoisotopic (exact) mass is 438 g/mol. The highest BCUT2D eigenvalue weighted by Crippen LogP contribution is 2.34. The second-order valence-electron chi connectivity index (χ2n) is 6.85. The highest BCUT2D eigenvalue weighted by atomic mass is 32.1. The summed E-state index contributed by atoms with van der Waals surface area (Å²) in [7, 11) is 1.63. The first kappa shape index (κ1) is 23.6. The molecule has 3 rings (SSSR count). The Morgan fingerprint density at radius 2 is 2.17 bits per heavy atom. The third-order valence-corrected chi connectivity index (χ3v) is 5.60. The van der Waals surface area contributed by atoms with Gasteiger partial charge in [0.2, 0.25) is 5.91 Å². The number of nitrogens with zero attached hydrogens (tertiary/aromatic N) is 1. The third kappa shape index (κ3) is 7.57. The summed E-state index contributed by atoms with van der Waals surface area (Å²) >= 11 is 1.80. The third-order valence-electron chi connectivity index (χ3n) is 4.74. The summed E-state index contributed by atoms with van der Waals surface area (Å²) < 4.78 is 42.7. The largest absolute Gasteiger partial charge is 0.490 e. The number of amides is 1. The van der Waals surface area contributed by atoms with E-state index in [1.54, 1.807) is 18.4 Å². The molecule has 0 unspecified atom stereocenters. The normalized spacial score (nSPS) is 24.3. The average molecular weight is 438 g/mol. The number of ether oxygens (including phenoxy) is 2. The average Bonchev–Trinajstić information content (AvgIpc) is 3.30. The summed E-state index contributed by atoms with van der Waals surface area (Å²) in [5.74, 6) is -2.22. The van der Waals surface area contributed by atoms with Crippen LogP contribution in [-0.2, 0) is 25.6 Å². The smallest absolute Gasteiger partial charge is 0.475 e. The predicted octanol–water partition coefficient (Wildman–Crippen LogP) is 2.12. The topological polar surface area (TPSA) is 88.1 Å². The Morgan fingerprint density at radius 3 is 2.76 bits per heavy atom. The van der Waals surface area contributed by atoms with Gasteiger partial charge in [-0.3, -0.25) is 9.69 Å². The Morgan fingerprint density at radius 1 is 1.45 bits per heavy atom. The van der Waals surface area contributed by atoms with Gasteiger partial charge in [0.15, 0.2) is 0 Å². The number of piperidine rings is 1. The van der Waals surface area contributed by atoms with Gasteiger partial charge in [-0.15, -0.1) is 11.3 Å². The molecule has 2 aliphatic heterocycles. The number of nitrogens with one attached hydrogen (secondary N) is 1. The quantitative estimate of drug-likeness (QED) is 0.662. The van der Waals surface area contributed by atoms with Crippen LogP contribution in [0.5, 0.6) is 0 Å². The first-order chi connectivity index (χ1) is 13.7. The van der Waals surface area contributed by atoms with Gasteiger partial charge in [0.25, 0.3) is 0 Å². The van der Waals surface area contributed by atoms with Crippen molar-refractivity contribution in [2.75, 3.05) is 33.4 Å². The second kappa shape index (κ2) is 10.9. The van der Waals surface area contributed by atoms with E-state index in [0.29, 0.717) is 19.1 Å². The first-order valence-electron chi connectivity index (χ1n) is 9.17. The van der Waals surface area contributed by atoms with Crippen LogP contribution in [0.4, 0.5) is 13.2 Å². The molecule has 1 aromatic heterocycles. The number of halogens is 3. The van der Waals surface area contributed by atoms with Crippen LogP contribution in [0.15, 0.2) is 17.5 Å². The van der Waals surface area contributed by atoms with E-state index in [2.05, 4.69) is 27.7 Å². The lowest BCUT2D eigenvalue weighted by Crippen LogP contribution is -2.42. The minimum absolute atomic E-state index is 0.0104. The summed E-state index contributed by atoms with van der Waals surface area (Å²) in [5.41, 5.74) is 0. The van der Waals surface area contributed by atoms with Crippen molar-refractivity contribution in [3.63, 3.8) is 0 Å². The van der Waals surface area contributed by atoms with E-state index in [0.717, 1.165) is 32.5 Å². The number of methoxy groups -OCH3 is 1. The van der Waals surface area contributed by atoms with Gasteiger partial charge in [-0.2, -0.15) is 13.2 Å². The number of alkyl halides is 3. The van der Waals surface area contributed by atoms with Crippen LogP contribution < -0.4 is 5.32 Å². The number of carbonyl (C=O) groups excluding carboxylic acids is 1. The Balaban J connectivity index is 0.000000370. The van der Waals surface area contributed by atoms with Crippen LogP contribution in [0.3, 0.4) is 0 Å². The number of hydrogen-bond donors (Lipinski definition) is 2. The highest BCUT2D eigenvalue weighted by Gasteiger charge is 2.41. The van der Waals surface area contributed by atoms with Gasteiger partial charge in [-0.25, -0.2) is 4.79 Å². The number of likely N-dealkylation sites (tertiary alicyclic amines) is 1. The molecule has 29 heavy (non-hydrogen) atoms. The molecule has 0 bridgehead atoms. The molecule has 0 spiro atoms. The first-order valence-corrected chi connectivity index (χ1v) is 10.1. The van der Waals surface area contributed by atoms with Gasteiger partial charge in [0.05, 0.1) is 12.7 Å². The van der Waals surface area contributed by atoms with E-state index in [9.17, 15) is 18.0 Å². The van der Waals surface area contributed by atoms with Gasteiger partial charge in [-0.05, 0) is 36.8 Å². The number of rotatable bonds is 6. The van der Waals surface area contributed by atoms with Crippen molar-refractivity contribution in [1.82, 2.24) is 10.2 Å². The summed E-state index contributed by atoms with van der Waals surface area (Å²) in [6, 6.07) is 4.28. The molecule has 3 atom stereocenters. The van der Waals surface area contributed by atoms with Crippen LogP contribution in [0, 0.1) is 5.92 Å². The standard InChI is InChI=1S/C16H24N2O3S.C2HF3O2/c1-20-7-5-17-16(19)14-9-12-4-6-18(11-15(12)21-14)10-13-3-2-8-22-13;3-2(4,5)1(6)7/h2-3,8,12,14-15H,4-7,9-11H2,1H3,(H,17,19);(H,6,7)/t12-,14+,15+;/m0./s1. The molecule has 0 aromatic carbocycles. The van der Waals surface area contributed by atoms with Crippen molar-refractivity contribution in [1.29, 1.82) is 0 Å². The molecule has 2 saturated heterocycles. The summed E-state index contributed by atoms with van der Waals surface area (Å²) in [5, 5.41) is 12.1. The zero-order valence-corrected chi connectivity index (χ0v) is 16.8. The van der Waals surface area contributed by atoms with Gasteiger partial charge in [0.1, 0.15) is 6.10 Å². The van der Waals surface area contributed by atoms with Crippen LogP contribution in [0.1, 0.15) is 17.7 Å². The lowest BCUT2D eigenvalue weighted by Gasteiger charge is -2.33. The molecule has 7 nitrogen and oxygen atoms in total. The second-order valence-corrected chi connectivity index (χ2v) is 7.88. The molecule has 3 heterocycles. The maximum Gasteiger partial charge on any atom is 0.490 e. The number of hydrogen-bond acceptors (Lipinski definition) is 6. The molecule has 0 aliphatic carbocycles. The van der Waals surface area contributed by atoms with Crippen LogP contribution in [0.2, 0.25) is 0 Å². The summed E-state index contributed by atoms with van der Waals surface area (Å²) in [4.78, 5) is 24.8. The van der Waals surface area contributed by atoms with Gasteiger partial charge < -0.3 is 19.9 Å². The van der Waals surface area contributed by atoms with E-state index in [1.807, 2.05) is 0 Å². The maximum absolute atomic E-state index is 12.1. The maximum atomic E-state index is 12.1. The number of thiophene rings is 1. The summed E-state index contributed by atoms with van der Waals surface area (Å²) in [6.45, 7) is 4.12.